The first kappa shape index (κ1) is 19.9. The van der Waals surface area contributed by atoms with Crippen LogP contribution in [0.25, 0.3) is 10.9 Å². The monoisotopic (exact) mass is 412 g/mol. The molecule has 2 heterocycles. The van der Waals surface area contributed by atoms with E-state index in [1.54, 1.807) is 24.1 Å². The maximum Gasteiger partial charge on any atom is 0.272 e. The summed E-state index contributed by atoms with van der Waals surface area (Å²) >= 11 is 0. The molecule has 4 rings (SSSR count). The Morgan fingerprint density at radius 1 is 1.10 bits per heavy atom. The zero-order valence-corrected chi connectivity index (χ0v) is 16.8. The highest BCUT2D eigenvalue weighted by Gasteiger charge is 2.20. The van der Waals surface area contributed by atoms with E-state index in [2.05, 4.69) is 10.3 Å². The van der Waals surface area contributed by atoms with Gasteiger partial charge in [-0.25, -0.2) is 8.78 Å². The van der Waals surface area contributed by atoms with Crippen molar-refractivity contribution in [3.05, 3.63) is 59.3 Å². The van der Waals surface area contributed by atoms with Crippen LogP contribution in [0.5, 0.6) is 0 Å². The van der Waals surface area contributed by atoms with Crippen molar-refractivity contribution in [1.29, 1.82) is 0 Å². The zero-order chi connectivity index (χ0) is 21.4. The van der Waals surface area contributed by atoms with Gasteiger partial charge in [0.15, 0.2) is 0 Å². The second-order valence-corrected chi connectivity index (χ2v) is 7.54. The summed E-state index contributed by atoms with van der Waals surface area (Å²) in [4.78, 5) is 31.1. The standard InChI is InChI=1S/C22H22F2N4O2/c1-13-3-4-18(24)17-12-19(26-21(13)17)22(30)25-15-9-14(23)10-16(11-15)28-6-5-20(29)27(2)7-8-28/h3-4,9-12,26H,5-8H2,1-2H3,(H,25,30). The summed E-state index contributed by atoms with van der Waals surface area (Å²) in [6, 6.07) is 8.72. The van der Waals surface area contributed by atoms with Gasteiger partial charge < -0.3 is 20.1 Å². The first-order valence-electron chi connectivity index (χ1n) is 9.70. The Labute approximate surface area is 172 Å². The maximum atomic E-state index is 14.3. The summed E-state index contributed by atoms with van der Waals surface area (Å²) in [6.45, 7) is 3.40. The van der Waals surface area contributed by atoms with Crippen LogP contribution < -0.4 is 10.2 Å². The first-order valence-corrected chi connectivity index (χ1v) is 9.70. The number of hydrogen-bond donors (Lipinski definition) is 2. The number of aromatic amines is 1. The number of aryl methyl sites for hydroxylation is 1. The van der Waals surface area contributed by atoms with Crippen LogP contribution in [-0.2, 0) is 4.79 Å². The highest BCUT2D eigenvalue weighted by molar-refractivity contribution is 6.06. The lowest BCUT2D eigenvalue weighted by molar-refractivity contribution is -0.129. The highest BCUT2D eigenvalue weighted by Crippen LogP contribution is 2.25. The summed E-state index contributed by atoms with van der Waals surface area (Å²) in [5, 5.41) is 3.01. The number of carbonyl (C=O) groups excluding carboxylic acids is 2. The minimum absolute atomic E-state index is 0.0452. The highest BCUT2D eigenvalue weighted by atomic mass is 19.1. The van der Waals surface area contributed by atoms with E-state index < -0.39 is 17.5 Å². The van der Waals surface area contributed by atoms with Gasteiger partial charge in [-0.2, -0.15) is 0 Å². The number of rotatable bonds is 3. The number of amides is 2. The van der Waals surface area contributed by atoms with Gasteiger partial charge in [0.2, 0.25) is 5.91 Å². The summed E-state index contributed by atoms with van der Waals surface area (Å²) in [7, 11) is 1.74. The molecule has 0 saturated carbocycles. The fraction of sp³-hybridized carbons (Fsp3) is 0.273. The number of nitrogens with zero attached hydrogens (tertiary/aromatic N) is 2. The van der Waals surface area contributed by atoms with Gasteiger partial charge >= 0.3 is 0 Å². The molecule has 2 amide bonds. The molecule has 1 aliphatic rings. The van der Waals surface area contributed by atoms with Crippen molar-refractivity contribution in [3.63, 3.8) is 0 Å². The van der Waals surface area contributed by atoms with Gasteiger partial charge in [-0.1, -0.05) is 6.07 Å². The Kier molecular flexibility index (Phi) is 5.15. The molecule has 1 aromatic heterocycles. The van der Waals surface area contributed by atoms with Gasteiger partial charge in [0.1, 0.15) is 17.3 Å². The molecule has 2 aromatic carbocycles. The number of anilines is 2. The lowest BCUT2D eigenvalue weighted by atomic mass is 10.1. The summed E-state index contributed by atoms with van der Waals surface area (Å²) < 4.78 is 28.3. The van der Waals surface area contributed by atoms with Crippen molar-refractivity contribution >= 4 is 34.1 Å². The van der Waals surface area contributed by atoms with Crippen LogP contribution in [0.1, 0.15) is 22.5 Å². The van der Waals surface area contributed by atoms with Crippen LogP contribution in [0.15, 0.2) is 36.4 Å². The molecule has 0 atom stereocenters. The van der Waals surface area contributed by atoms with Crippen LogP contribution in [-0.4, -0.2) is 48.4 Å². The fourth-order valence-corrected chi connectivity index (χ4v) is 3.66. The van der Waals surface area contributed by atoms with Crippen LogP contribution in [0, 0.1) is 18.6 Å². The van der Waals surface area contributed by atoms with E-state index in [9.17, 15) is 18.4 Å². The third-order valence-corrected chi connectivity index (χ3v) is 5.43. The fourth-order valence-electron chi connectivity index (χ4n) is 3.66. The molecule has 6 nitrogen and oxygen atoms in total. The average molecular weight is 412 g/mol. The van der Waals surface area contributed by atoms with Crippen molar-refractivity contribution < 1.29 is 18.4 Å². The van der Waals surface area contributed by atoms with E-state index in [0.717, 1.165) is 5.56 Å². The van der Waals surface area contributed by atoms with Gasteiger partial charge in [0, 0.05) is 49.9 Å². The number of H-pyrrole nitrogens is 1. The second kappa shape index (κ2) is 7.78. The summed E-state index contributed by atoms with van der Waals surface area (Å²) in [5.41, 5.74) is 2.44. The van der Waals surface area contributed by atoms with E-state index in [-0.39, 0.29) is 17.3 Å². The second-order valence-electron chi connectivity index (χ2n) is 7.54. The smallest absolute Gasteiger partial charge is 0.272 e. The van der Waals surface area contributed by atoms with Gasteiger partial charge in [-0.05, 0) is 42.8 Å². The topological polar surface area (TPSA) is 68.4 Å². The van der Waals surface area contributed by atoms with Gasteiger partial charge in [-0.15, -0.1) is 0 Å². The van der Waals surface area contributed by atoms with Crippen LogP contribution in [0.3, 0.4) is 0 Å². The SMILES string of the molecule is Cc1ccc(F)c2cc(C(=O)Nc3cc(F)cc(N4CCC(=O)N(C)CC4)c3)[nH]c12. The van der Waals surface area contributed by atoms with Crippen molar-refractivity contribution in [2.45, 2.75) is 13.3 Å². The number of hydrogen-bond acceptors (Lipinski definition) is 3. The Balaban J connectivity index is 1.58. The molecule has 0 unspecified atom stereocenters. The number of aromatic nitrogens is 1. The average Bonchev–Trinajstić information content (AvgIpc) is 3.10. The predicted octanol–water partition coefficient (Wildman–Crippen LogP) is 3.68. The third-order valence-electron chi connectivity index (χ3n) is 5.43. The molecule has 3 aromatic rings. The Morgan fingerprint density at radius 3 is 2.67 bits per heavy atom. The number of nitrogens with one attached hydrogen (secondary N) is 2. The molecule has 1 aliphatic heterocycles. The number of benzene rings is 2. The summed E-state index contributed by atoms with van der Waals surface area (Å²) in [5.74, 6) is -1.36. The normalized spacial score (nSPS) is 14.9. The molecule has 0 spiro atoms. The molecule has 8 heteroatoms. The van der Waals surface area contributed by atoms with E-state index in [0.29, 0.717) is 42.6 Å². The lowest BCUT2D eigenvalue weighted by Gasteiger charge is -2.23. The van der Waals surface area contributed by atoms with Crippen molar-refractivity contribution in [2.75, 3.05) is 36.9 Å². The molecule has 0 radical (unpaired) electrons. The quantitative estimate of drug-likeness (QED) is 0.690. The molecule has 0 aliphatic carbocycles. The molecule has 1 saturated heterocycles. The zero-order valence-electron chi connectivity index (χ0n) is 16.8. The predicted molar refractivity (Wildman–Crippen MR) is 112 cm³/mol. The number of fused-ring (bicyclic) bond motifs is 1. The van der Waals surface area contributed by atoms with E-state index >= 15 is 0 Å². The molecule has 2 N–H and O–H groups in total. The Bertz CT molecular complexity index is 1100. The minimum Gasteiger partial charge on any atom is -0.369 e. The van der Waals surface area contributed by atoms with E-state index in [1.807, 2.05) is 11.8 Å². The Morgan fingerprint density at radius 2 is 1.90 bits per heavy atom. The largest absolute Gasteiger partial charge is 0.369 e. The molecule has 30 heavy (non-hydrogen) atoms. The minimum atomic E-state index is -0.495. The van der Waals surface area contributed by atoms with Gasteiger partial charge in [0.05, 0.1) is 5.52 Å². The van der Waals surface area contributed by atoms with Crippen molar-refractivity contribution in [1.82, 2.24) is 9.88 Å². The summed E-state index contributed by atoms with van der Waals surface area (Å²) in [6.07, 6.45) is 0.342. The molecular weight excluding hydrogens is 390 g/mol. The number of likely N-dealkylation sites (N-methyl/N-ethyl adjacent to an activating group) is 1. The van der Waals surface area contributed by atoms with E-state index in [1.165, 1.54) is 24.3 Å². The number of halogens is 2. The van der Waals surface area contributed by atoms with Crippen LogP contribution in [0.4, 0.5) is 20.2 Å². The molecule has 1 fully saturated rings. The number of carbonyl (C=O) groups is 2. The van der Waals surface area contributed by atoms with Crippen molar-refractivity contribution in [2.24, 2.45) is 0 Å². The first-order chi connectivity index (χ1) is 14.3. The van der Waals surface area contributed by atoms with Crippen LogP contribution >= 0.6 is 0 Å². The molecule has 0 bridgehead atoms. The van der Waals surface area contributed by atoms with E-state index in [4.69, 9.17) is 0 Å². The van der Waals surface area contributed by atoms with Crippen LogP contribution in [0.2, 0.25) is 0 Å². The molecule has 156 valence electrons. The molecular formula is C22H22F2N4O2. The van der Waals surface area contributed by atoms with Crippen molar-refractivity contribution in [3.8, 4) is 0 Å². The third kappa shape index (κ3) is 3.85. The Hall–Kier alpha value is -3.42. The van der Waals surface area contributed by atoms with Gasteiger partial charge in [-0.3, -0.25) is 9.59 Å². The van der Waals surface area contributed by atoms with Gasteiger partial charge in [0.25, 0.3) is 5.91 Å². The maximum absolute atomic E-state index is 14.3. The lowest BCUT2D eigenvalue weighted by Crippen LogP contribution is -2.30.